The van der Waals surface area contributed by atoms with Gasteiger partial charge in [0.2, 0.25) is 0 Å². The minimum Gasteiger partial charge on any atom is -0.228 e. The third kappa shape index (κ3) is 4.01. The fourth-order valence-corrected chi connectivity index (χ4v) is 7.46. The average Bonchev–Trinajstić information content (AvgIpc) is 3.35. The maximum Gasteiger partial charge on any atom is 0.160 e. The second kappa shape index (κ2) is 10.2. The highest BCUT2D eigenvalue weighted by molar-refractivity contribution is 5.93. The maximum atomic E-state index is 5.21. The smallest absolute Gasteiger partial charge is 0.160 e. The van der Waals surface area contributed by atoms with E-state index in [0.717, 1.165) is 33.9 Å². The Labute approximate surface area is 247 Å². The van der Waals surface area contributed by atoms with Crippen molar-refractivity contribution in [2.24, 2.45) is 0 Å². The third-order valence-electron chi connectivity index (χ3n) is 9.30. The van der Waals surface area contributed by atoms with E-state index >= 15 is 0 Å². The highest BCUT2D eigenvalue weighted by Gasteiger charge is 2.45. The molecule has 0 N–H and O–H groups in total. The molecule has 0 bridgehead atoms. The molecule has 0 radical (unpaired) electrons. The number of rotatable bonds is 4. The van der Waals surface area contributed by atoms with Crippen molar-refractivity contribution in [2.45, 2.75) is 37.5 Å². The molecule has 2 heteroatoms. The summed E-state index contributed by atoms with van der Waals surface area (Å²) in [4.78, 5) is 10.3. The molecule has 1 heterocycles. The summed E-state index contributed by atoms with van der Waals surface area (Å²) in [6.45, 7) is 0. The second-order valence-electron chi connectivity index (χ2n) is 11.7. The first kappa shape index (κ1) is 24.9. The monoisotopic (exact) mass is 540 g/mol. The van der Waals surface area contributed by atoms with Crippen molar-refractivity contribution < 1.29 is 0 Å². The Kier molecular flexibility index (Phi) is 6.07. The summed E-state index contributed by atoms with van der Waals surface area (Å²) in [6, 6.07) is 47.8. The van der Waals surface area contributed by atoms with E-state index in [9.17, 15) is 0 Å². The first-order valence-electron chi connectivity index (χ1n) is 15.1. The SMILES string of the molecule is c1ccc(-c2cc(-c3ccccc3-c3cccc4c3C3(CCCCC3)c3ccccc3-4)nc(-c3ccccc3)n2)cc1. The molecular weight excluding hydrogens is 508 g/mol. The summed E-state index contributed by atoms with van der Waals surface area (Å²) < 4.78 is 0. The van der Waals surface area contributed by atoms with Gasteiger partial charge in [0.05, 0.1) is 11.4 Å². The van der Waals surface area contributed by atoms with Gasteiger partial charge in [-0.2, -0.15) is 0 Å². The second-order valence-corrected chi connectivity index (χ2v) is 11.7. The van der Waals surface area contributed by atoms with Crippen LogP contribution in [-0.2, 0) is 5.41 Å². The van der Waals surface area contributed by atoms with Crippen LogP contribution in [0.1, 0.15) is 43.2 Å². The highest BCUT2D eigenvalue weighted by Crippen LogP contribution is 2.58. The topological polar surface area (TPSA) is 25.8 Å². The molecule has 6 aromatic rings. The molecule has 5 aromatic carbocycles. The predicted molar refractivity (Wildman–Crippen MR) is 173 cm³/mol. The zero-order chi connectivity index (χ0) is 27.9. The number of benzene rings is 5. The molecule has 0 amide bonds. The first-order chi connectivity index (χ1) is 20.8. The standard InChI is InChI=1S/C40H32N2/c1-4-15-28(16-5-1)36-27-37(42-39(41-36)29-17-6-2-7-18-29)32-21-9-8-19-30(32)33-22-14-23-34-31-20-10-11-24-35(31)40(38(33)34)25-12-3-13-26-40/h1-2,4-11,14-24,27H,3,12-13,25-26H2. The molecule has 2 aliphatic rings. The average molecular weight is 541 g/mol. The molecule has 0 aliphatic heterocycles. The van der Waals surface area contributed by atoms with Crippen LogP contribution in [-0.4, -0.2) is 9.97 Å². The summed E-state index contributed by atoms with van der Waals surface area (Å²) in [5, 5.41) is 0. The molecule has 2 aliphatic carbocycles. The van der Waals surface area contributed by atoms with Gasteiger partial charge in [0.1, 0.15) is 0 Å². The van der Waals surface area contributed by atoms with Gasteiger partial charge in [-0.15, -0.1) is 0 Å². The van der Waals surface area contributed by atoms with E-state index in [1.165, 1.54) is 65.5 Å². The minimum atomic E-state index is 0.0734. The molecule has 1 aromatic heterocycles. The summed E-state index contributed by atoms with van der Waals surface area (Å²) in [5.74, 6) is 0.746. The summed E-state index contributed by atoms with van der Waals surface area (Å²) in [7, 11) is 0. The number of fused-ring (bicyclic) bond motifs is 5. The van der Waals surface area contributed by atoms with E-state index in [-0.39, 0.29) is 5.41 Å². The van der Waals surface area contributed by atoms with E-state index in [2.05, 4.69) is 121 Å². The van der Waals surface area contributed by atoms with E-state index in [0.29, 0.717) is 0 Å². The Hall–Kier alpha value is -4.82. The third-order valence-corrected chi connectivity index (χ3v) is 9.30. The van der Waals surface area contributed by atoms with Gasteiger partial charge in [-0.1, -0.05) is 147 Å². The molecule has 0 saturated heterocycles. The number of nitrogens with zero attached hydrogens (tertiary/aromatic N) is 2. The molecular formula is C40H32N2. The van der Waals surface area contributed by atoms with Crippen LogP contribution in [0.15, 0.2) is 133 Å². The van der Waals surface area contributed by atoms with Gasteiger partial charge < -0.3 is 0 Å². The molecule has 1 saturated carbocycles. The van der Waals surface area contributed by atoms with Gasteiger partial charge in [-0.05, 0) is 52.3 Å². The number of hydrogen-bond acceptors (Lipinski definition) is 2. The molecule has 1 spiro atoms. The van der Waals surface area contributed by atoms with Gasteiger partial charge in [0.25, 0.3) is 0 Å². The van der Waals surface area contributed by atoms with E-state index in [1.54, 1.807) is 0 Å². The molecule has 0 unspecified atom stereocenters. The van der Waals surface area contributed by atoms with Crippen molar-refractivity contribution in [2.75, 3.05) is 0 Å². The zero-order valence-corrected chi connectivity index (χ0v) is 23.6. The van der Waals surface area contributed by atoms with Crippen LogP contribution >= 0.6 is 0 Å². The van der Waals surface area contributed by atoms with Crippen LogP contribution in [0.5, 0.6) is 0 Å². The fraction of sp³-hybridized carbons (Fsp3) is 0.150. The van der Waals surface area contributed by atoms with Crippen LogP contribution in [0.2, 0.25) is 0 Å². The molecule has 202 valence electrons. The van der Waals surface area contributed by atoms with Crippen molar-refractivity contribution in [3.8, 4) is 56.2 Å². The normalized spacial score (nSPS) is 14.9. The van der Waals surface area contributed by atoms with Gasteiger partial charge >= 0.3 is 0 Å². The van der Waals surface area contributed by atoms with Crippen molar-refractivity contribution in [1.29, 1.82) is 0 Å². The molecule has 42 heavy (non-hydrogen) atoms. The molecule has 8 rings (SSSR count). The fourth-order valence-electron chi connectivity index (χ4n) is 7.46. The van der Waals surface area contributed by atoms with Crippen molar-refractivity contribution in [3.63, 3.8) is 0 Å². The highest BCUT2D eigenvalue weighted by atomic mass is 14.9. The van der Waals surface area contributed by atoms with Gasteiger partial charge in [-0.3, -0.25) is 0 Å². The summed E-state index contributed by atoms with van der Waals surface area (Å²) in [6.07, 6.45) is 6.29. The lowest BCUT2D eigenvalue weighted by Gasteiger charge is -2.37. The molecule has 2 nitrogen and oxygen atoms in total. The lowest BCUT2D eigenvalue weighted by molar-refractivity contribution is 0.353. The first-order valence-corrected chi connectivity index (χ1v) is 15.1. The summed E-state index contributed by atoms with van der Waals surface area (Å²) in [5.41, 5.74) is 13.6. The van der Waals surface area contributed by atoms with Gasteiger partial charge in [0, 0.05) is 22.1 Å². The van der Waals surface area contributed by atoms with Crippen molar-refractivity contribution >= 4 is 0 Å². The lowest BCUT2D eigenvalue weighted by Crippen LogP contribution is -2.28. The maximum absolute atomic E-state index is 5.21. The van der Waals surface area contributed by atoms with E-state index in [4.69, 9.17) is 9.97 Å². The number of hydrogen-bond donors (Lipinski definition) is 0. The van der Waals surface area contributed by atoms with Crippen LogP contribution in [0, 0.1) is 0 Å². The van der Waals surface area contributed by atoms with Crippen molar-refractivity contribution in [1.82, 2.24) is 9.97 Å². The lowest BCUT2D eigenvalue weighted by atomic mass is 9.66. The Balaban J connectivity index is 1.36. The Morgan fingerprint density at radius 2 is 0.976 bits per heavy atom. The van der Waals surface area contributed by atoms with Crippen LogP contribution < -0.4 is 0 Å². The summed E-state index contributed by atoms with van der Waals surface area (Å²) >= 11 is 0. The number of aromatic nitrogens is 2. The van der Waals surface area contributed by atoms with Crippen LogP contribution in [0.3, 0.4) is 0 Å². The van der Waals surface area contributed by atoms with Crippen LogP contribution in [0.4, 0.5) is 0 Å². The van der Waals surface area contributed by atoms with Gasteiger partial charge in [0.15, 0.2) is 5.82 Å². The predicted octanol–water partition coefficient (Wildman–Crippen LogP) is 10.4. The Morgan fingerprint density at radius 1 is 0.429 bits per heavy atom. The van der Waals surface area contributed by atoms with E-state index < -0.39 is 0 Å². The van der Waals surface area contributed by atoms with E-state index in [1.807, 2.05) is 12.1 Å². The zero-order valence-electron chi connectivity index (χ0n) is 23.6. The minimum absolute atomic E-state index is 0.0734. The van der Waals surface area contributed by atoms with Gasteiger partial charge in [-0.25, -0.2) is 9.97 Å². The Bertz CT molecular complexity index is 1840. The largest absolute Gasteiger partial charge is 0.228 e. The van der Waals surface area contributed by atoms with Crippen LogP contribution in [0.25, 0.3) is 56.2 Å². The Morgan fingerprint density at radius 3 is 1.71 bits per heavy atom. The molecule has 0 atom stereocenters. The molecule has 1 fully saturated rings. The van der Waals surface area contributed by atoms with Crippen molar-refractivity contribution in [3.05, 3.63) is 145 Å². The quantitative estimate of drug-likeness (QED) is 0.222.